The topological polar surface area (TPSA) is 102 Å². The molecule has 1 aromatic carbocycles. The maximum atomic E-state index is 14.7. The summed E-state index contributed by atoms with van der Waals surface area (Å²) < 4.78 is 27.3. The molecule has 1 aliphatic rings. The number of hydrogen-bond donors (Lipinski definition) is 1. The van der Waals surface area contributed by atoms with Crippen molar-refractivity contribution in [2.45, 2.75) is 39.5 Å². The molecule has 0 amide bonds. The number of pyridine rings is 1. The van der Waals surface area contributed by atoms with E-state index in [4.69, 9.17) is 9.47 Å². The van der Waals surface area contributed by atoms with Crippen molar-refractivity contribution in [1.29, 1.82) is 5.26 Å². The fraction of sp³-hybridized carbons (Fsp3) is 0.273. The summed E-state index contributed by atoms with van der Waals surface area (Å²) >= 11 is 0. The molecule has 2 aromatic heterocycles. The smallest absolute Gasteiger partial charge is 0.352 e. The maximum absolute atomic E-state index is 14.7. The van der Waals surface area contributed by atoms with E-state index in [1.165, 1.54) is 22.9 Å². The molecule has 0 unspecified atom stereocenters. The zero-order valence-electron chi connectivity index (χ0n) is 17.3. The molecule has 0 fully saturated rings. The van der Waals surface area contributed by atoms with Crippen LogP contribution in [0.4, 0.5) is 10.2 Å². The Morgan fingerprint density at radius 2 is 2.13 bits per heavy atom. The summed E-state index contributed by atoms with van der Waals surface area (Å²) in [6.45, 7) is 6.20. The van der Waals surface area contributed by atoms with Crippen molar-refractivity contribution in [1.82, 2.24) is 14.5 Å². The number of hydrogen-bond acceptors (Lipinski definition) is 7. The molecule has 9 heteroatoms. The molecule has 8 nitrogen and oxygen atoms in total. The fourth-order valence-corrected chi connectivity index (χ4v) is 3.31. The highest BCUT2D eigenvalue weighted by molar-refractivity contribution is 5.49. The van der Waals surface area contributed by atoms with Crippen LogP contribution in [0.25, 0.3) is 0 Å². The number of fused-ring (bicyclic) bond motifs is 1. The van der Waals surface area contributed by atoms with Gasteiger partial charge < -0.3 is 14.8 Å². The molecular formula is C22H20FN5O3. The van der Waals surface area contributed by atoms with Crippen molar-refractivity contribution >= 4 is 5.82 Å². The monoisotopic (exact) mass is 421 g/mol. The Hall–Kier alpha value is -3.93. The van der Waals surface area contributed by atoms with Gasteiger partial charge in [0, 0.05) is 11.8 Å². The molecule has 0 aliphatic carbocycles. The van der Waals surface area contributed by atoms with Crippen molar-refractivity contribution < 1.29 is 13.9 Å². The van der Waals surface area contributed by atoms with Gasteiger partial charge >= 0.3 is 5.69 Å². The highest BCUT2D eigenvalue weighted by Crippen LogP contribution is 2.30. The first-order chi connectivity index (χ1) is 14.7. The Morgan fingerprint density at radius 1 is 1.32 bits per heavy atom. The van der Waals surface area contributed by atoms with Crippen LogP contribution in [0.15, 0.2) is 41.3 Å². The average molecular weight is 421 g/mol. The van der Waals surface area contributed by atoms with Crippen LogP contribution >= 0.6 is 0 Å². The minimum absolute atomic E-state index is 0.0181. The van der Waals surface area contributed by atoms with Crippen LogP contribution in [-0.4, -0.2) is 20.1 Å². The SMILES string of the molecule is Cc1ccc(Oc2c(F)cc(COc3cc4n(c(=O)n3)CC(C)(C)N4)cc2C#N)cn1. The molecule has 0 radical (unpaired) electrons. The number of aryl methyl sites for hydroxylation is 1. The zero-order chi connectivity index (χ0) is 22.2. The summed E-state index contributed by atoms with van der Waals surface area (Å²) in [5.74, 6) is 0.162. The molecule has 1 N–H and O–H groups in total. The minimum Gasteiger partial charge on any atom is -0.473 e. The van der Waals surface area contributed by atoms with Crippen molar-refractivity contribution in [3.63, 3.8) is 0 Å². The van der Waals surface area contributed by atoms with E-state index in [1.807, 2.05) is 26.8 Å². The molecule has 0 saturated heterocycles. The van der Waals surface area contributed by atoms with E-state index in [-0.39, 0.29) is 29.3 Å². The lowest BCUT2D eigenvalue weighted by Crippen LogP contribution is -2.30. The lowest BCUT2D eigenvalue weighted by Gasteiger charge is -2.16. The van der Waals surface area contributed by atoms with Crippen LogP contribution in [0.1, 0.15) is 30.7 Å². The third kappa shape index (κ3) is 4.33. The van der Waals surface area contributed by atoms with Crippen LogP contribution in [0.2, 0.25) is 0 Å². The number of anilines is 1. The van der Waals surface area contributed by atoms with Gasteiger partial charge in [-0.25, -0.2) is 9.18 Å². The van der Waals surface area contributed by atoms with Crippen LogP contribution in [0.5, 0.6) is 17.4 Å². The second kappa shape index (κ2) is 7.72. The molecule has 3 heterocycles. The molecule has 0 saturated carbocycles. The molecule has 0 atom stereocenters. The number of rotatable bonds is 5. The van der Waals surface area contributed by atoms with E-state index >= 15 is 0 Å². The van der Waals surface area contributed by atoms with Gasteiger partial charge in [-0.15, -0.1) is 0 Å². The molecule has 0 bridgehead atoms. The van der Waals surface area contributed by atoms with Crippen molar-refractivity contribution in [3.8, 4) is 23.4 Å². The number of aromatic nitrogens is 3. The number of nitrogens with zero attached hydrogens (tertiary/aromatic N) is 4. The van der Waals surface area contributed by atoms with Crippen LogP contribution in [0.3, 0.4) is 0 Å². The fourth-order valence-electron chi connectivity index (χ4n) is 3.31. The number of halogens is 1. The predicted molar refractivity (Wildman–Crippen MR) is 111 cm³/mol. The summed E-state index contributed by atoms with van der Waals surface area (Å²) in [7, 11) is 0. The van der Waals surface area contributed by atoms with Gasteiger partial charge in [0.1, 0.15) is 24.2 Å². The van der Waals surface area contributed by atoms with E-state index in [0.717, 1.165) is 5.69 Å². The number of nitriles is 1. The first-order valence-corrected chi connectivity index (χ1v) is 9.60. The summed E-state index contributed by atoms with van der Waals surface area (Å²) in [6.07, 6.45) is 1.46. The predicted octanol–water partition coefficient (Wildman–Crippen LogP) is 3.53. The molecule has 31 heavy (non-hydrogen) atoms. The first-order valence-electron chi connectivity index (χ1n) is 9.60. The highest BCUT2D eigenvalue weighted by Gasteiger charge is 2.29. The molecule has 3 aromatic rings. The first kappa shape index (κ1) is 20.3. The summed E-state index contributed by atoms with van der Waals surface area (Å²) in [5, 5.41) is 12.7. The normalized spacial score (nSPS) is 13.8. The van der Waals surface area contributed by atoms with Crippen LogP contribution < -0.4 is 20.5 Å². The summed E-state index contributed by atoms with van der Waals surface area (Å²) in [6, 6.07) is 9.63. The Balaban J connectivity index is 1.53. The van der Waals surface area contributed by atoms with Gasteiger partial charge in [0.05, 0.1) is 23.8 Å². The number of ether oxygens (including phenoxy) is 2. The van der Waals surface area contributed by atoms with Gasteiger partial charge in [-0.1, -0.05) is 0 Å². The maximum Gasteiger partial charge on any atom is 0.352 e. The Labute approximate surface area is 177 Å². The van der Waals surface area contributed by atoms with Crippen molar-refractivity contribution in [2.24, 2.45) is 0 Å². The Bertz CT molecular complexity index is 1250. The quantitative estimate of drug-likeness (QED) is 0.672. The Morgan fingerprint density at radius 3 is 2.84 bits per heavy atom. The van der Waals surface area contributed by atoms with E-state index < -0.39 is 11.5 Å². The molecule has 4 rings (SSSR count). The van der Waals surface area contributed by atoms with Crippen molar-refractivity contribution in [3.05, 3.63) is 69.7 Å². The second-order valence-corrected chi connectivity index (χ2v) is 7.95. The van der Waals surface area contributed by atoms with Gasteiger partial charge in [0.2, 0.25) is 5.88 Å². The third-order valence-corrected chi connectivity index (χ3v) is 4.72. The standard InChI is InChI=1S/C22H20FN5O3/c1-13-4-5-16(10-25-13)31-20-15(9-24)6-14(7-17(20)23)11-30-19-8-18-27-22(2,3)12-28(18)21(29)26-19/h4-8,10,27H,11-12H2,1-3H3. The Kier molecular flexibility index (Phi) is 5.07. The molecular weight excluding hydrogens is 401 g/mol. The van der Waals surface area contributed by atoms with E-state index in [2.05, 4.69) is 15.3 Å². The van der Waals surface area contributed by atoms with Crippen molar-refractivity contribution in [2.75, 3.05) is 5.32 Å². The van der Waals surface area contributed by atoms with E-state index in [9.17, 15) is 14.4 Å². The average Bonchev–Trinajstić information content (AvgIpc) is 3.04. The van der Waals surface area contributed by atoms with Gasteiger partial charge in [0.15, 0.2) is 11.6 Å². The molecule has 158 valence electrons. The van der Waals surface area contributed by atoms with Gasteiger partial charge in [-0.05, 0) is 50.6 Å². The zero-order valence-corrected chi connectivity index (χ0v) is 17.3. The number of benzene rings is 1. The minimum atomic E-state index is -0.705. The number of nitrogens with one attached hydrogen (secondary N) is 1. The molecule has 1 aliphatic heterocycles. The lowest BCUT2D eigenvalue weighted by atomic mass is 10.1. The van der Waals surface area contributed by atoms with Crippen LogP contribution in [0, 0.1) is 24.1 Å². The third-order valence-electron chi connectivity index (χ3n) is 4.72. The van der Waals surface area contributed by atoms with Gasteiger partial charge in [0.25, 0.3) is 0 Å². The van der Waals surface area contributed by atoms with E-state index in [1.54, 1.807) is 18.2 Å². The lowest BCUT2D eigenvalue weighted by molar-refractivity contribution is 0.290. The van der Waals surface area contributed by atoms with E-state index in [0.29, 0.717) is 23.7 Å². The molecule has 0 spiro atoms. The van der Waals surface area contributed by atoms with Gasteiger partial charge in [-0.2, -0.15) is 10.2 Å². The summed E-state index contributed by atoms with van der Waals surface area (Å²) in [5.41, 5.74) is 0.521. The largest absolute Gasteiger partial charge is 0.473 e. The summed E-state index contributed by atoms with van der Waals surface area (Å²) in [4.78, 5) is 20.2. The van der Waals surface area contributed by atoms with Gasteiger partial charge in [-0.3, -0.25) is 9.55 Å². The highest BCUT2D eigenvalue weighted by atomic mass is 19.1. The second-order valence-electron chi connectivity index (χ2n) is 7.95. The van der Waals surface area contributed by atoms with Crippen LogP contribution in [-0.2, 0) is 13.2 Å².